The van der Waals surface area contributed by atoms with Gasteiger partial charge in [0.1, 0.15) is 0 Å². The van der Waals surface area contributed by atoms with E-state index in [0.29, 0.717) is 12.2 Å². The van der Waals surface area contributed by atoms with Gasteiger partial charge in [0.2, 0.25) is 0 Å². The minimum Gasteiger partial charge on any atom is -0.346 e. The highest BCUT2D eigenvalue weighted by Crippen LogP contribution is 2.20. The van der Waals surface area contributed by atoms with Crippen LogP contribution in [0.1, 0.15) is 23.6 Å². The van der Waals surface area contributed by atoms with Crippen LogP contribution in [0.2, 0.25) is 0 Å². The van der Waals surface area contributed by atoms with Crippen molar-refractivity contribution in [3.8, 4) is 6.07 Å². The molecule has 2 aromatic rings. The van der Waals surface area contributed by atoms with E-state index in [2.05, 4.69) is 46.7 Å². The zero-order valence-corrected chi connectivity index (χ0v) is 15.9. The SMILES string of the molecule is CC(CNC(=O)C(=O)Nc1cccc(CC#N)c1)N1CCc2ccccc2C1. The van der Waals surface area contributed by atoms with Crippen molar-refractivity contribution in [1.82, 2.24) is 10.2 Å². The van der Waals surface area contributed by atoms with E-state index in [1.54, 1.807) is 24.3 Å². The third-order valence-electron chi connectivity index (χ3n) is 5.02. The highest BCUT2D eigenvalue weighted by Gasteiger charge is 2.22. The maximum Gasteiger partial charge on any atom is 0.313 e. The van der Waals surface area contributed by atoms with Gasteiger partial charge in [-0.3, -0.25) is 14.5 Å². The molecular weight excluding hydrogens is 352 g/mol. The molecule has 1 unspecified atom stereocenters. The smallest absolute Gasteiger partial charge is 0.313 e. The fraction of sp³-hybridized carbons (Fsp3) is 0.318. The highest BCUT2D eigenvalue weighted by molar-refractivity contribution is 6.39. The predicted octanol–water partition coefficient (Wildman–Crippen LogP) is 2.25. The summed E-state index contributed by atoms with van der Waals surface area (Å²) in [6, 6.07) is 17.5. The van der Waals surface area contributed by atoms with Crippen LogP contribution in [0.5, 0.6) is 0 Å². The van der Waals surface area contributed by atoms with Crippen LogP contribution >= 0.6 is 0 Å². The molecule has 3 rings (SSSR count). The largest absolute Gasteiger partial charge is 0.346 e. The van der Waals surface area contributed by atoms with Gasteiger partial charge in [-0.1, -0.05) is 36.4 Å². The van der Waals surface area contributed by atoms with Gasteiger partial charge in [0.25, 0.3) is 0 Å². The van der Waals surface area contributed by atoms with Gasteiger partial charge in [-0.2, -0.15) is 5.26 Å². The quantitative estimate of drug-likeness (QED) is 0.784. The first kappa shape index (κ1) is 19.6. The van der Waals surface area contributed by atoms with Crippen molar-refractivity contribution < 1.29 is 9.59 Å². The Morgan fingerprint density at radius 3 is 2.71 bits per heavy atom. The van der Waals surface area contributed by atoms with Crippen molar-refractivity contribution in [2.24, 2.45) is 0 Å². The van der Waals surface area contributed by atoms with Gasteiger partial charge in [-0.25, -0.2) is 0 Å². The number of fused-ring (bicyclic) bond motifs is 1. The van der Waals surface area contributed by atoms with Crippen LogP contribution in [-0.4, -0.2) is 35.8 Å². The van der Waals surface area contributed by atoms with Crippen molar-refractivity contribution in [3.05, 3.63) is 65.2 Å². The van der Waals surface area contributed by atoms with Gasteiger partial charge in [0, 0.05) is 31.4 Å². The molecule has 2 aromatic carbocycles. The molecule has 0 aliphatic carbocycles. The lowest BCUT2D eigenvalue weighted by molar-refractivity contribution is -0.136. The van der Waals surface area contributed by atoms with Crippen molar-refractivity contribution in [3.63, 3.8) is 0 Å². The first-order valence-corrected chi connectivity index (χ1v) is 9.42. The zero-order chi connectivity index (χ0) is 19.9. The molecule has 0 saturated carbocycles. The molecule has 0 spiro atoms. The van der Waals surface area contributed by atoms with Crippen molar-refractivity contribution in [2.45, 2.75) is 32.4 Å². The Bertz CT molecular complexity index is 903. The molecule has 0 fully saturated rings. The Balaban J connectivity index is 1.49. The van der Waals surface area contributed by atoms with Gasteiger partial charge in [0.15, 0.2) is 0 Å². The standard InChI is InChI=1S/C22H24N4O2/c1-16(26-12-10-18-6-2-3-7-19(18)15-26)14-24-21(27)22(28)25-20-8-4-5-17(13-20)9-11-23/h2-8,13,16H,9-10,12,14-15H2,1H3,(H,24,27)(H,25,28). The van der Waals surface area contributed by atoms with Crippen LogP contribution in [0.4, 0.5) is 5.69 Å². The number of nitrogens with one attached hydrogen (secondary N) is 2. The van der Waals surface area contributed by atoms with E-state index in [4.69, 9.17) is 5.26 Å². The number of anilines is 1. The Morgan fingerprint density at radius 1 is 1.14 bits per heavy atom. The molecule has 144 valence electrons. The number of rotatable bonds is 5. The highest BCUT2D eigenvalue weighted by atomic mass is 16.2. The summed E-state index contributed by atoms with van der Waals surface area (Å²) in [5.41, 5.74) is 4.00. The molecule has 0 aromatic heterocycles. The zero-order valence-electron chi connectivity index (χ0n) is 15.9. The number of nitriles is 1. The molecule has 1 heterocycles. The molecule has 1 aliphatic heterocycles. The molecule has 0 radical (unpaired) electrons. The van der Waals surface area contributed by atoms with E-state index < -0.39 is 11.8 Å². The van der Waals surface area contributed by atoms with E-state index in [0.717, 1.165) is 25.1 Å². The van der Waals surface area contributed by atoms with Crippen molar-refractivity contribution >= 4 is 17.5 Å². The number of hydrogen-bond donors (Lipinski definition) is 2. The van der Waals surface area contributed by atoms with Crippen LogP contribution in [0.3, 0.4) is 0 Å². The van der Waals surface area contributed by atoms with Crippen LogP contribution in [0, 0.1) is 11.3 Å². The van der Waals surface area contributed by atoms with Gasteiger partial charge in [0.05, 0.1) is 12.5 Å². The lowest BCUT2D eigenvalue weighted by atomic mass is 9.99. The minimum absolute atomic E-state index is 0.129. The second kappa shape index (κ2) is 9.16. The Hall–Kier alpha value is -3.17. The predicted molar refractivity (Wildman–Crippen MR) is 107 cm³/mol. The summed E-state index contributed by atoms with van der Waals surface area (Å²) in [7, 11) is 0. The summed E-state index contributed by atoms with van der Waals surface area (Å²) in [5, 5.41) is 14.1. The van der Waals surface area contributed by atoms with Crippen LogP contribution in [-0.2, 0) is 29.0 Å². The van der Waals surface area contributed by atoms with E-state index in [9.17, 15) is 9.59 Å². The molecule has 6 nitrogen and oxygen atoms in total. The Labute approximate surface area is 165 Å². The number of nitrogens with zero attached hydrogens (tertiary/aromatic N) is 2. The first-order valence-electron chi connectivity index (χ1n) is 9.42. The van der Waals surface area contributed by atoms with Crippen molar-refractivity contribution in [2.75, 3.05) is 18.4 Å². The third kappa shape index (κ3) is 4.96. The van der Waals surface area contributed by atoms with E-state index in [-0.39, 0.29) is 12.5 Å². The number of carbonyl (C=O) groups excluding carboxylic acids is 2. The van der Waals surface area contributed by atoms with Crippen LogP contribution < -0.4 is 10.6 Å². The van der Waals surface area contributed by atoms with Gasteiger partial charge >= 0.3 is 11.8 Å². The topological polar surface area (TPSA) is 85.2 Å². The molecule has 2 N–H and O–H groups in total. The fourth-order valence-electron chi connectivity index (χ4n) is 3.38. The second-order valence-corrected chi connectivity index (χ2v) is 7.04. The molecule has 0 saturated heterocycles. The number of benzene rings is 2. The summed E-state index contributed by atoms with van der Waals surface area (Å²) < 4.78 is 0. The normalized spacial score (nSPS) is 14.4. The second-order valence-electron chi connectivity index (χ2n) is 7.04. The maximum absolute atomic E-state index is 12.1. The van der Waals surface area contributed by atoms with E-state index in [1.165, 1.54) is 11.1 Å². The summed E-state index contributed by atoms with van der Waals surface area (Å²) in [4.78, 5) is 26.6. The minimum atomic E-state index is -0.703. The monoisotopic (exact) mass is 376 g/mol. The molecule has 6 heteroatoms. The van der Waals surface area contributed by atoms with Crippen LogP contribution in [0.25, 0.3) is 0 Å². The lowest BCUT2D eigenvalue weighted by Crippen LogP contribution is -2.46. The van der Waals surface area contributed by atoms with E-state index >= 15 is 0 Å². The third-order valence-corrected chi connectivity index (χ3v) is 5.02. The molecule has 0 bridgehead atoms. The van der Waals surface area contributed by atoms with Gasteiger partial charge in [-0.15, -0.1) is 0 Å². The lowest BCUT2D eigenvalue weighted by Gasteiger charge is -2.33. The first-order chi connectivity index (χ1) is 13.6. The Kier molecular flexibility index (Phi) is 6.41. The van der Waals surface area contributed by atoms with Gasteiger partial charge < -0.3 is 10.6 Å². The number of carbonyl (C=O) groups is 2. The number of amides is 2. The summed E-state index contributed by atoms with van der Waals surface area (Å²) in [6.45, 7) is 4.25. The molecule has 2 amide bonds. The molecule has 28 heavy (non-hydrogen) atoms. The fourth-order valence-corrected chi connectivity index (χ4v) is 3.38. The average Bonchev–Trinajstić information content (AvgIpc) is 2.71. The summed E-state index contributed by atoms with van der Waals surface area (Å²) >= 11 is 0. The van der Waals surface area contributed by atoms with Crippen molar-refractivity contribution in [1.29, 1.82) is 5.26 Å². The summed E-state index contributed by atoms with van der Waals surface area (Å²) in [6.07, 6.45) is 1.25. The summed E-state index contributed by atoms with van der Waals surface area (Å²) in [5.74, 6) is -1.36. The number of hydrogen-bond acceptors (Lipinski definition) is 4. The average molecular weight is 376 g/mol. The maximum atomic E-state index is 12.1. The molecular formula is C22H24N4O2. The van der Waals surface area contributed by atoms with Gasteiger partial charge in [-0.05, 0) is 42.2 Å². The van der Waals surface area contributed by atoms with E-state index in [1.807, 2.05) is 6.07 Å². The molecule has 1 aliphatic rings. The molecule has 1 atom stereocenters. The Morgan fingerprint density at radius 2 is 1.93 bits per heavy atom. The van der Waals surface area contributed by atoms with Crippen LogP contribution in [0.15, 0.2) is 48.5 Å².